The summed E-state index contributed by atoms with van der Waals surface area (Å²) >= 11 is 1.41. The molecule has 12 nitrogen and oxygen atoms in total. The van der Waals surface area contributed by atoms with Gasteiger partial charge in [-0.05, 0) is 46.7 Å². The molecule has 0 amide bonds. The Hall–Kier alpha value is -3.79. The molecule has 2 aromatic carbocycles. The van der Waals surface area contributed by atoms with Gasteiger partial charge in [0.1, 0.15) is 12.7 Å². The van der Waals surface area contributed by atoms with Crippen LogP contribution in [0.15, 0.2) is 70.3 Å². The molecular weight excluding hydrogens is 634 g/mol. The first-order valence-corrected chi connectivity index (χ1v) is 16.9. The molecule has 46 heavy (non-hydrogen) atoms. The third-order valence-corrected chi connectivity index (χ3v) is 8.56. The Bertz CT molecular complexity index is 1630. The normalized spacial score (nSPS) is 14.0. The van der Waals surface area contributed by atoms with Crippen LogP contribution in [0.1, 0.15) is 26.3 Å². The molecule has 1 aliphatic rings. The summed E-state index contributed by atoms with van der Waals surface area (Å²) in [6.45, 7) is 8.35. The predicted molar refractivity (Wildman–Crippen MR) is 175 cm³/mol. The van der Waals surface area contributed by atoms with Crippen molar-refractivity contribution in [3.8, 4) is 34.5 Å². The second kappa shape index (κ2) is 16.2. The third-order valence-electron chi connectivity index (χ3n) is 6.52. The van der Waals surface area contributed by atoms with Crippen LogP contribution >= 0.6 is 11.3 Å². The zero-order valence-electron chi connectivity index (χ0n) is 26.1. The number of ether oxygens (including phenoxy) is 5. The molecule has 2 aromatic heterocycles. The lowest BCUT2D eigenvalue weighted by molar-refractivity contribution is -0.0334. The minimum Gasteiger partial charge on any atom is -0.493 e. The van der Waals surface area contributed by atoms with Gasteiger partial charge in [0.15, 0.2) is 23.1 Å². The number of rotatable bonds is 11. The van der Waals surface area contributed by atoms with Gasteiger partial charge in [-0.3, -0.25) is 4.72 Å². The van der Waals surface area contributed by atoms with Crippen LogP contribution in [0.4, 0.5) is 5.82 Å². The van der Waals surface area contributed by atoms with Crippen LogP contribution in [-0.4, -0.2) is 81.5 Å². The van der Waals surface area contributed by atoms with Crippen molar-refractivity contribution < 1.29 is 42.3 Å². The highest BCUT2D eigenvalue weighted by molar-refractivity contribution is 7.92. The highest BCUT2D eigenvalue weighted by Crippen LogP contribution is 2.42. The molecule has 0 radical (unpaired) electrons. The molecular formula is C32H39N3O9S2. The van der Waals surface area contributed by atoms with Crippen molar-refractivity contribution in [1.29, 1.82) is 0 Å². The Kier molecular flexibility index (Phi) is 12.3. The monoisotopic (exact) mass is 673 g/mol. The fraction of sp³-hybridized carbons (Fsp3) is 0.375. The number of sulfonamides is 1. The number of hydrogen-bond donors (Lipinski definition) is 3. The summed E-state index contributed by atoms with van der Waals surface area (Å²) in [5.74, 6) is 0.314. The van der Waals surface area contributed by atoms with Crippen molar-refractivity contribution >= 4 is 27.2 Å². The summed E-state index contributed by atoms with van der Waals surface area (Å²) in [5.41, 5.74) is 1.45. The molecule has 3 heterocycles. The molecule has 3 N–H and O–H groups in total. The molecule has 0 unspecified atom stereocenters. The summed E-state index contributed by atoms with van der Waals surface area (Å²) in [5, 5.41) is 22.8. The van der Waals surface area contributed by atoms with Gasteiger partial charge in [-0.15, -0.1) is 0 Å². The molecule has 14 heteroatoms. The topological polar surface area (TPSA) is 159 Å². The fourth-order valence-corrected chi connectivity index (χ4v) is 5.65. The van der Waals surface area contributed by atoms with E-state index >= 15 is 0 Å². The molecule has 0 aliphatic carbocycles. The Morgan fingerprint density at radius 2 is 1.63 bits per heavy atom. The van der Waals surface area contributed by atoms with Gasteiger partial charge >= 0.3 is 0 Å². The minimum absolute atomic E-state index is 0.0256. The fourth-order valence-electron chi connectivity index (χ4n) is 4.01. The number of thiophene rings is 1. The van der Waals surface area contributed by atoms with E-state index in [1.165, 1.54) is 30.6 Å². The lowest BCUT2D eigenvalue weighted by Gasteiger charge is -2.20. The van der Waals surface area contributed by atoms with Crippen molar-refractivity contribution in [2.45, 2.75) is 37.2 Å². The van der Waals surface area contributed by atoms with Crippen LogP contribution in [0.3, 0.4) is 0 Å². The highest BCUT2D eigenvalue weighted by Gasteiger charge is 2.26. The van der Waals surface area contributed by atoms with E-state index in [-0.39, 0.29) is 45.9 Å². The van der Waals surface area contributed by atoms with Gasteiger partial charge in [0.2, 0.25) is 5.75 Å². The van der Waals surface area contributed by atoms with E-state index in [9.17, 15) is 18.6 Å². The molecule has 0 saturated carbocycles. The predicted octanol–water partition coefficient (Wildman–Crippen LogP) is 4.87. The number of para-hydroxylation sites is 2. The van der Waals surface area contributed by atoms with Gasteiger partial charge < -0.3 is 33.9 Å². The van der Waals surface area contributed by atoms with Crippen LogP contribution in [-0.2, 0) is 24.9 Å². The first-order valence-electron chi connectivity index (χ1n) is 14.5. The Morgan fingerprint density at radius 3 is 2.17 bits per heavy atom. The quantitative estimate of drug-likeness (QED) is 0.199. The van der Waals surface area contributed by atoms with E-state index in [4.69, 9.17) is 23.7 Å². The average Bonchev–Trinajstić information content (AvgIpc) is 3.61. The number of aromatic nitrogens is 2. The average molecular weight is 674 g/mol. The summed E-state index contributed by atoms with van der Waals surface area (Å²) in [4.78, 5) is 8.97. The molecule has 5 rings (SSSR count). The SMILES string of the molecule is C1COCCO1.COc1ccccc1Oc1c(NS(=O)(=O)c2ccc(C(C)(C)C)cc2)nc(-c2ccsc2)nc1OC[C@@H](O)CO. The number of benzene rings is 2. The maximum absolute atomic E-state index is 13.5. The maximum Gasteiger partial charge on any atom is 0.263 e. The zero-order chi connectivity index (χ0) is 33.2. The molecule has 248 valence electrons. The lowest BCUT2D eigenvalue weighted by atomic mass is 9.87. The third kappa shape index (κ3) is 9.61. The maximum atomic E-state index is 13.5. The number of nitrogens with one attached hydrogen (secondary N) is 1. The van der Waals surface area contributed by atoms with E-state index < -0.39 is 22.7 Å². The highest BCUT2D eigenvalue weighted by atomic mass is 32.2. The van der Waals surface area contributed by atoms with Crippen molar-refractivity contribution in [2.75, 3.05) is 51.5 Å². The van der Waals surface area contributed by atoms with Crippen molar-refractivity contribution in [2.24, 2.45) is 0 Å². The number of nitrogens with zero attached hydrogens (tertiary/aromatic N) is 2. The van der Waals surface area contributed by atoms with Crippen molar-refractivity contribution in [3.63, 3.8) is 0 Å². The molecule has 1 fully saturated rings. The van der Waals surface area contributed by atoms with E-state index in [0.717, 1.165) is 32.0 Å². The Labute approximate surface area is 273 Å². The molecule has 1 saturated heterocycles. The first kappa shape index (κ1) is 35.1. The molecule has 4 aromatic rings. The Balaban J connectivity index is 0.000000717. The summed E-state index contributed by atoms with van der Waals surface area (Å²) in [7, 11) is -2.67. The molecule has 0 spiro atoms. The van der Waals surface area contributed by atoms with Gasteiger partial charge in [0.25, 0.3) is 15.9 Å². The van der Waals surface area contributed by atoms with E-state index in [1.54, 1.807) is 47.8 Å². The van der Waals surface area contributed by atoms with Crippen LogP contribution < -0.4 is 18.9 Å². The number of anilines is 1. The first-order chi connectivity index (χ1) is 22.0. The van der Waals surface area contributed by atoms with Gasteiger partial charge in [-0.1, -0.05) is 45.0 Å². The minimum atomic E-state index is -4.14. The second-order valence-corrected chi connectivity index (χ2v) is 13.5. The number of aliphatic hydroxyl groups excluding tert-OH is 2. The van der Waals surface area contributed by atoms with Gasteiger partial charge in [-0.25, -0.2) is 13.4 Å². The van der Waals surface area contributed by atoms with Crippen molar-refractivity contribution in [1.82, 2.24) is 9.97 Å². The van der Waals surface area contributed by atoms with E-state index in [1.807, 2.05) is 26.2 Å². The number of methoxy groups -OCH3 is 1. The van der Waals surface area contributed by atoms with Crippen LogP contribution in [0.25, 0.3) is 11.4 Å². The Morgan fingerprint density at radius 1 is 0.978 bits per heavy atom. The molecule has 0 bridgehead atoms. The van der Waals surface area contributed by atoms with Crippen LogP contribution in [0.2, 0.25) is 0 Å². The zero-order valence-corrected chi connectivity index (χ0v) is 27.8. The number of hydrogen-bond acceptors (Lipinski definition) is 12. The largest absolute Gasteiger partial charge is 0.493 e. The smallest absolute Gasteiger partial charge is 0.263 e. The van der Waals surface area contributed by atoms with Gasteiger partial charge in [0.05, 0.1) is 45.0 Å². The molecule has 1 atom stereocenters. The summed E-state index contributed by atoms with van der Waals surface area (Å²) < 4.78 is 56.7. The lowest BCUT2D eigenvalue weighted by Crippen LogP contribution is -2.22. The van der Waals surface area contributed by atoms with Crippen LogP contribution in [0.5, 0.6) is 23.1 Å². The summed E-state index contributed by atoms with van der Waals surface area (Å²) in [6.07, 6.45) is -1.21. The second-order valence-electron chi connectivity index (χ2n) is 11.0. The number of aliphatic hydroxyl groups is 2. The summed E-state index contributed by atoms with van der Waals surface area (Å²) in [6, 6.07) is 15.1. The van der Waals surface area contributed by atoms with Gasteiger partial charge in [0, 0.05) is 10.9 Å². The van der Waals surface area contributed by atoms with Crippen LogP contribution in [0, 0.1) is 0 Å². The van der Waals surface area contributed by atoms with Crippen molar-refractivity contribution in [3.05, 3.63) is 70.9 Å². The standard InChI is InChI=1S/C28H31N3O7S2.C4H8O2/c1-28(2,3)19-9-11-21(12-10-19)40(34,35)31-26-24(38-23-8-6-5-7-22(23)36-4)27(37-16-20(33)15-32)30-25(29-26)18-13-14-39-17-18;1-2-6-4-3-5-1/h5-14,17,20,32-33H,15-16H2,1-4H3,(H,29,30,31);1-4H2/t20-;/m0./s1. The van der Waals surface area contributed by atoms with Gasteiger partial charge in [-0.2, -0.15) is 16.3 Å². The molecule has 1 aliphatic heterocycles. The van der Waals surface area contributed by atoms with E-state index in [2.05, 4.69) is 14.7 Å². The van der Waals surface area contributed by atoms with E-state index in [0.29, 0.717) is 11.3 Å².